The number of hydrogen-bond donors (Lipinski definition) is 3. The van der Waals surface area contributed by atoms with E-state index >= 15 is 0 Å². The fourth-order valence-electron chi connectivity index (χ4n) is 3.72. The van der Waals surface area contributed by atoms with E-state index in [9.17, 15) is 19.2 Å². The Hall–Kier alpha value is -2.85. The monoisotopic (exact) mass is 472 g/mol. The number of carbonyl (C=O) groups excluding carboxylic acids is 2. The number of thiol groups is 1. The summed E-state index contributed by atoms with van der Waals surface area (Å²) in [6.07, 6.45) is 5.72. The van der Waals surface area contributed by atoms with Gasteiger partial charge in [-0.2, -0.15) is 4.68 Å². The SMILES string of the molecule is CC(C)(C)OC(=O)/C=C/C(=O)Nn1c(=O)c2cc(C3(NS)CC3)ccc2n(CC2CC2)c1=O. The Bertz CT molecular complexity index is 1260. The molecule has 9 nitrogen and oxygen atoms in total. The number of amides is 1. The summed E-state index contributed by atoms with van der Waals surface area (Å²) in [5, 5.41) is 0.332. The summed E-state index contributed by atoms with van der Waals surface area (Å²) in [6.45, 7) is 5.59. The Morgan fingerprint density at radius 3 is 2.48 bits per heavy atom. The molecule has 10 heteroatoms. The molecule has 2 aromatic rings. The van der Waals surface area contributed by atoms with Crippen LogP contribution in [0.4, 0.5) is 0 Å². The van der Waals surface area contributed by atoms with E-state index in [1.165, 1.54) is 4.57 Å². The first-order valence-corrected chi connectivity index (χ1v) is 11.4. The summed E-state index contributed by atoms with van der Waals surface area (Å²) >= 11 is 4.23. The lowest BCUT2D eigenvalue weighted by Gasteiger charge is -2.18. The molecule has 0 atom stereocenters. The Balaban J connectivity index is 1.71. The smallest absolute Gasteiger partial charge is 0.350 e. The fraction of sp³-hybridized carbons (Fsp3) is 0.478. The van der Waals surface area contributed by atoms with Crippen LogP contribution in [0.1, 0.15) is 52.0 Å². The lowest BCUT2D eigenvalue weighted by atomic mass is 10.0. The zero-order valence-corrected chi connectivity index (χ0v) is 19.8. The summed E-state index contributed by atoms with van der Waals surface area (Å²) in [6, 6.07) is 5.46. The van der Waals surface area contributed by atoms with Crippen LogP contribution in [0.25, 0.3) is 10.9 Å². The molecule has 0 aliphatic heterocycles. The minimum atomic E-state index is -0.788. The van der Waals surface area contributed by atoms with E-state index in [0.29, 0.717) is 28.0 Å². The van der Waals surface area contributed by atoms with Crippen molar-refractivity contribution in [2.75, 3.05) is 5.43 Å². The van der Waals surface area contributed by atoms with Crippen LogP contribution in [0, 0.1) is 5.92 Å². The van der Waals surface area contributed by atoms with Gasteiger partial charge >= 0.3 is 11.7 Å². The summed E-state index contributed by atoms with van der Waals surface area (Å²) in [5.41, 5.74) is 1.51. The van der Waals surface area contributed by atoms with Crippen molar-refractivity contribution in [3.8, 4) is 0 Å². The third-order valence-corrected chi connectivity index (χ3v) is 6.22. The van der Waals surface area contributed by atoms with Crippen LogP contribution in [-0.2, 0) is 26.4 Å². The van der Waals surface area contributed by atoms with E-state index in [1.807, 2.05) is 6.07 Å². The summed E-state index contributed by atoms with van der Waals surface area (Å²) in [4.78, 5) is 50.6. The van der Waals surface area contributed by atoms with Gasteiger partial charge < -0.3 is 4.74 Å². The molecular weight excluding hydrogens is 444 g/mol. The molecule has 0 spiro atoms. The Kier molecular flexibility index (Phi) is 6.00. The van der Waals surface area contributed by atoms with Crippen molar-refractivity contribution in [3.05, 3.63) is 56.8 Å². The predicted octanol–water partition coefficient (Wildman–Crippen LogP) is 1.96. The quantitative estimate of drug-likeness (QED) is 0.323. The number of rotatable bonds is 7. The molecule has 1 aromatic heterocycles. The van der Waals surface area contributed by atoms with E-state index in [2.05, 4.69) is 23.0 Å². The second kappa shape index (κ2) is 8.49. The minimum Gasteiger partial charge on any atom is -0.457 e. The molecule has 0 unspecified atom stereocenters. The Morgan fingerprint density at radius 2 is 1.91 bits per heavy atom. The van der Waals surface area contributed by atoms with Gasteiger partial charge in [-0.3, -0.25) is 24.3 Å². The van der Waals surface area contributed by atoms with Gasteiger partial charge in [0, 0.05) is 18.7 Å². The molecule has 0 saturated heterocycles. The number of carbonyl (C=O) groups is 2. The first kappa shape index (κ1) is 23.3. The van der Waals surface area contributed by atoms with Gasteiger partial charge in [-0.25, -0.2) is 9.59 Å². The topological polar surface area (TPSA) is 111 Å². The maximum absolute atomic E-state index is 13.2. The third kappa shape index (κ3) is 5.06. The highest BCUT2D eigenvalue weighted by atomic mass is 32.1. The summed E-state index contributed by atoms with van der Waals surface area (Å²) in [7, 11) is 0. The molecular formula is C23H28N4O5S. The van der Waals surface area contributed by atoms with Gasteiger partial charge in [0.05, 0.1) is 16.4 Å². The van der Waals surface area contributed by atoms with Crippen molar-refractivity contribution in [2.24, 2.45) is 5.92 Å². The highest BCUT2D eigenvalue weighted by Crippen LogP contribution is 2.46. The van der Waals surface area contributed by atoms with Crippen molar-refractivity contribution in [2.45, 2.75) is 64.1 Å². The normalized spacial score (nSPS) is 17.3. The maximum atomic E-state index is 13.2. The van der Waals surface area contributed by atoms with Crippen LogP contribution in [-0.4, -0.2) is 26.7 Å². The van der Waals surface area contributed by atoms with Crippen LogP contribution >= 0.6 is 12.8 Å². The molecule has 2 fully saturated rings. The Morgan fingerprint density at radius 1 is 1.21 bits per heavy atom. The van der Waals surface area contributed by atoms with Gasteiger partial charge in [-0.05, 0) is 70.1 Å². The number of benzene rings is 1. The molecule has 33 heavy (non-hydrogen) atoms. The van der Waals surface area contributed by atoms with Crippen molar-refractivity contribution < 1.29 is 14.3 Å². The van der Waals surface area contributed by atoms with Gasteiger partial charge in [0.2, 0.25) is 0 Å². The maximum Gasteiger partial charge on any atom is 0.350 e. The van der Waals surface area contributed by atoms with Crippen LogP contribution < -0.4 is 21.4 Å². The van der Waals surface area contributed by atoms with Crippen molar-refractivity contribution in [1.82, 2.24) is 14.0 Å². The van der Waals surface area contributed by atoms with Gasteiger partial charge in [0.15, 0.2) is 0 Å². The second-order valence-electron chi connectivity index (χ2n) is 9.75. The van der Waals surface area contributed by atoms with E-state index in [-0.39, 0.29) is 5.54 Å². The van der Waals surface area contributed by atoms with Crippen molar-refractivity contribution >= 4 is 35.6 Å². The number of esters is 1. The molecule has 176 valence electrons. The van der Waals surface area contributed by atoms with Crippen LogP contribution in [0.3, 0.4) is 0 Å². The standard InChI is InChI=1S/C23H28N4O5S/c1-22(2,3)32-19(29)9-8-18(28)24-27-20(30)16-12-15(23(25-33)10-11-23)6-7-17(16)26(21(27)31)13-14-4-5-14/h6-9,12,14,25,33H,4-5,10-11,13H2,1-3H3,(H,24,28)/b9-8+. The highest BCUT2D eigenvalue weighted by molar-refractivity contribution is 7.78. The zero-order chi connectivity index (χ0) is 24.0. The first-order chi connectivity index (χ1) is 15.5. The average Bonchev–Trinajstić information content (AvgIpc) is 3.66. The average molecular weight is 473 g/mol. The van der Waals surface area contributed by atoms with Crippen LogP contribution in [0.5, 0.6) is 0 Å². The van der Waals surface area contributed by atoms with Crippen molar-refractivity contribution in [3.63, 3.8) is 0 Å². The van der Waals surface area contributed by atoms with Crippen LogP contribution in [0.15, 0.2) is 39.9 Å². The Labute approximate surface area is 196 Å². The number of hydrogen-bond acceptors (Lipinski definition) is 7. The van der Waals surface area contributed by atoms with E-state index in [0.717, 1.165) is 43.4 Å². The first-order valence-electron chi connectivity index (χ1n) is 11.0. The molecule has 1 amide bonds. The van der Waals surface area contributed by atoms with Crippen LogP contribution in [0.2, 0.25) is 0 Å². The molecule has 0 bridgehead atoms. The molecule has 2 aliphatic rings. The molecule has 2 N–H and O–H groups in total. The van der Waals surface area contributed by atoms with Gasteiger partial charge in [0.1, 0.15) is 5.60 Å². The third-order valence-electron chi connectivity index (χ3n) is 5.80. The van der Waals surface area contributed by atoms with E-state index < -0.39 is 28.7 Å². The number of nitrogens with one attached hydrogen (secondary N) is 2. The summed E-state index contributed by atoms with van der Waals surface area (Å²) in [5.74, 6) is -1.12. The number of fused-ring (bicyclic) bond motifs is 1. The van der Waals surface area contributed by atoms with Gasteiger partial charge in [-0.1, -0.05) is 18.9 Å². The fourth-order valence-corrected chi connectivity index (χ4v) is 4.07. The molecule has 4 rings (SSSR count). The second-order valence-corrected chi connectivity index (χ2v) is 9.97. The summed E-state index contributed by atoms with van der Waals surface area (Å²) < 4.78 is 10.4. The molecule has 1 heterocycles. The molecule has 1 aromatic carbocycles. The highest BCUT2D eigenvalue weighted by Gasteiger charge is 2.43. The molecule has 0 radical (unpaired) electrons. The molecule has 2 saturated carbocycles. The number of aromatic nitrogens is 2. The van der Waals surface area contributed by atoms with Gasteiger partial charge in [-0.15, -0.1) is 0 Å². The zero-order valence-electron chi connectivity index (χ0n) is 18.9. The minimum absolute atomic E-state index is 0.286. The molecule has 2 aliphatic carbocycles. The lowest BCUT2D eigenvalue weighted by Crippen LogP contribution is -2.46. The largest absolute Gasteiger partial charge is 0.457 e. The lowest BCUT2D eigenvalue weighted by molar-refractivity contribution is -0.148. The van der Waals surface area contributed by atoms with E-state index in [4.69, 9.17) is 4.74 Å². The predicted molar refractivity (Wildman–Crippen MR) is 128 cm³/mol. The van der Waals surface area contributed by atoms with Crippen molar-refractivity contribution in [1.29, 1.82) is 0 Å². The van der Waals surface area contributed by atoms with E-state index in [1.54, 1.807) is 32.9 Å². The number of nitrogens with zero attached hydrogens (tertiary/aromatic N) is 2. The van der Waals surface area contributed by atoms with Gasteiger partial charge in [0.25, 0.3) is 11.5 Å². The number of ether oxygens (including phenoxy) is 1.